The zero-order chi connectivity index (χ0) is 11.3. The second-order valence-electron chi connectivity index (χ2n) is 4.66. The molecule has 2 unspecified atom stereocenters. The molecule has 2 heteroatoms. The summed E-state index contributed by atoms with van der Waals surface area (Å²) in [5, 5.41) is 5.85. The number of thiophene rings is 1. The van der Waals surface area contributed by atoms with Crippen LogP contribution < -0.4 is 5.32 Å². The molecule has 0 saturated carbocycles. The van der Waals surface area contributed by atoms with E-state index >= 15 is 0 Å². The number of hydrogen-bond acceptors (Lipinski definition) is 2. The van der Waals surface area contributed by atoms with Gasteiger partial charge in [-0.25, -0.2) is 0 Å². The summed E-state index contributed by atoms with van der Waals surface area (Å²) in [6, 6.07) is 4.90. The summed E-state index contributed by atoms with van der Waals surface area (Å²) in [6.45, 7) is 10.2. The van der Waals surface area contributed by atoms with Crippen molar-refractivity contribution in [3.63, 3.8) is 0 Å². The molecule has 0 aliphatic carbocycles. The zero-order valence-corrected chi connectivity index (χ0v) is 11.1. The van der Waals surface area contributed by atoms with Crippen molar-refractivity contribution in [1.82, 2.24) is 5.32 Å². The maximum absolute atomic E-state index is 3.68. The Morgan fingerprint density at radius 1 is 1.33 bits per heavy atom. The summed E-state index contributed by atoms with van der Waals surface area (Å²) < 4.78 is 0. The van der Waals surface area contributed by atoms with Crippen molar-refractivity contribution in [2.45, 2.75) is 40.2 Å². The minimum absolute atomic E-state index is 0.527. The van der Waals surface area contributed by atoms with Gasteiger partial charge in [0.1, 0.15) is 0 Å². The fourth-order valence-electron chi connectivity index (χ4n) is 1.61. The van der Waals surface area contributed by atoms with Gasteiger partial charge in [0.15, 0.2) is 0 Å². The van der Waals surface area contributed by atoms with Crippen LogP contribution in [0, 0.1) is 11.8 Å². The Morgan fingerprint density at radius 3 is 2.53 bits per heavy atom. The van der Waals surface area contributed by atoms with Crippen LogP contribution in [0.2, 0.25) is 0 Å². The largest absolute Gasteiger partial charge is 0.309 e. The van der Waals surface area contributed by atoms with E-state index in [0.717, 1.165) is 12.5 Å². The topological polar surface area (TPSA) is 12.0 Å². The van der Waals surface area contributed by atoms with E-state index in [4.69, 9.17) is 0 Å². The van der Waals surface area contributed by atoms with Crippen LogP contribution in [0.3, 0.4) is 0 Å². The highest BCUT2D eigenvalue weighted by atomic mass is 32.1. The fraction of sp³-hybridized carbons (Fsp3) is 0.692. The van der Waals surface area contributed by atoms with E-state index in [1.807, 2.05) is 11.3 Å². The Bertz CT molecular complexity index is 254. The number of rotatable bonds is 6. The van der Waals surface area contributed by atoms with Crippen molar-refractivity contribution in [3.05, 3.63) is 22.4 Å². The SMILES string of the molecule is CCC(C)CNC(c1cccs1)C(C)C. The molecular formula is C13H23NS. The molecule has 1 aromatic heterocycles. The van der Waals surface area contributed by atoms with Gasteiger partial charge in [-0.2, -0.15) is 0 Å². The lowest BCUT2D eigenvalue weighted by Gasteiger charge is -2.23. The second kappa shape index (κ2) is 6.29. The maximum atomic E-state index is 3.68. The van der Waals surface area contributed by atoms with Gasteiger partial charge in [-0.3, -0.25) is 0 Å². The first-order chi connectivity index (χ1) is 7.15. The highest BCUT2D eigenvalue weighted by Gasteiger charge is 2.16. The minimum Gasteiger partial charge on any atom is -0.309 e. The summed E-state index contributed by atoms with van der Waals surface area (Å²) in [5.74, 6) is 1.43. The molecule has 0 bridgehead atoms. The summed E-state index contributed by atoms with van der Waals surface area (Å²) in [5.41, 5.74) is 0. The van der Waals surface area contributed by atoms with Gasteiger partial charge >= 0.3 is 0 Å². The van der Waals surface area contributed by atoms with E-state index in [0.29, 0.717) is 12.0 Å². The van der Waals surface area contributed by atoms with Crippen LogP contribution >= 0.6 is 11.3 Å². The van der Waals surface area contributed by atoms with Gasteiger partial charge in [-0.15, -0.1) is 11.3 Å². The van der Waals surface area contributed by atoms with Gasteiger partial charge in [0.05, 0.1) is 0 Å². The van der Waals surface area contributed by atoms with E-state index in [2.05, 4.69) is 50.5 Å². The fourth-order valence-corrected chi connectivity index (χ4v) is 2.58. The van der Waals surface area contributed by atoms with Crippen LogP contribution in [-0.4, -0.2) is 6.54 Å². The molecule has 1 N–H and O–H groups in total. The third kappa shape index (κ3) is 3.96. The van der Waals surface area contributed by atoms with Crippen LogP contribution in [0.1, 0.15) is 45.0 Å². The number of hydrogen-bond donors (Lipinski definition) is 1. The lowest BCUT2D eigenvalue weighted by atomic mass is 10.0. The van der Waals surface area contributed by atoms with E-state index in [9.17, 15) is 0 Å². The molecular weight excluding hydrogens is 202 g/mol. The lowest BCUT2D eigenvalue weighted by Crippen LogP contribution is -2.29. The first-order valence-electron chi connectivity index (χ1n) is 5.92. The first-order valence-corrected chi connectivity index (χ1v) is 6.79. The monoisotopic (exact) mass is 225 g/mol. The highest BCUT2D eigenvalue weighted by molar-refractivity contribution is 7.10. The molecule has 1 heterocycles. The van der Waals surface area contributed by atoms with E-state index < -0.39 is 0 Å². The molecule has 0 amide bonds. The quantitative estimate of drug-likeness (QED) is 0.769. The summed E-state index contributed by atoms with van der Waals surface area (Å²) in [6.07, 6.45) is 1.25. The van der Waals surface area contributed by atoms with Gasteiger partial charge in [0.2, 0.25) is 0 Å². The highest BCUT2D eigenvalue weighted by Crippen LogP contribution is 2.25. The van der Waals surface area contributed by atoms with Crippen molar-refractivity contribution in [2.75, 3.05) is 6.54 Å². The van der Waals surface area contributed by atoms with Crippen LogP contribution in [0.15, 0.2) is 17.5 Å². The molecule has 0 aromatic carbocycles. The smallest absolute Gasteiger partial charge is 0.0438 e. The third-order valence-corrected chi connectivity index (χ3v) is 3.85. The minimum atomic E-state index is 0.527. The molecule has 1 rings (SSSR count). The van der Waals surface area contributed by atoms with Crippen LogP contribution in [0.25, 0.3) is 0 Å². The molecule has 15 heavy (non-hydrogen) atoms. The molecule has 0 aliphatic rings. The average molecular weight is 225 g/mol. The Labute approximate surface area is 97.9 Å². The van der Waals surface area contributed by atoms with Crippen molar-refractivity contribution >= 4 is 11.3 Å². The van der Waals surface area contributed by atoms with Crippen molar-refractivity contribution in [3.8, 4) is 0 Å². The predicted molar refractivity (Wildman–Crippen MR) is 69.4 cm³/mol. The molecule has 0 aliphatic heterocycles. The summed E-state index contributed by atoms with van der Waals surface area (Å²) >= 11 is 1.86. The second-order valence-corrected chi connectivity index (χ2v) is 5.64. The molecule has 1 aromatic rings. The van der Waals surface area contributed by atoms with E-state index in [1.54, 1.807) is 0 Å². The standard InChI is InChI=1S/C13H23NS/c1-5-11(4)9-14-13(10(2)3)12-7-6-8-15-12/h6-8,10-11,13-14H,5,9H2,1-4H3. The third-order valence-electron chi connectivity index (χ3n) is 2.90. The van der Waals surface area contributed by atoms with Gasteiger partial charge < -0.3 is 5.32 Å². The molecule has 0 saturated heterocycles. The van der Waals surface area contributed by atoms with Crippen molar-refractivity contribution in [2.24, 2.45) is 11.8 Å². The summed E-state index contributed by atoms with van der Waals surface area (Å²) in [7, 11) is 0. The molecule has 0 spiro atoms. The van der Waals surface area contributed by atoms with Crippen LogP contribution in [-0.2, 0) is 0 Å². The Morgan fingerprint density at radius 2 is 2.07 bits per heavy atom. The molecule has 1 nitrogen and oxygen atoms in total. The Balaban J connectivity index is 2.53. The molecule has 86 valence electrons. The molecule has 0 radical (unpaired) electrons. The molecule has 2 atom stereocenters. The average Bonchev–Trinajstić information content (AvgIpc) is 2.70. The van der Waals surface area contributed by atoms with Gasteiger partial charge in [-0.05, 0) is 29.8 Å². The molecule has 0 fully saturated rings. The van der Waals surface area contributed by atoms with Crippen molar-refractivity contribution in [1.29, 1.82) is 0 Å². The zero-order valence-electron chi connectivity index (χ0n) is 10.3. The Hall–Kier alpha value is -0.340. The van der Waals surface area contributed by atoms with E-state index in [1.165, 1.54) is 11.3 Å². The van der Waals surface area contributed by atoms with Gasteiger partial charge in [0, 0.05) is 10.9 Å². The van der Waals surface area contributed by atoms with Crippen molar-refractivity contribution < 1.29 is 0 Å². The van der Waals surface area contributed by atoms with Crippen LogP contribution in [0.5, 0.6) is 0 Å². The van der Waals surface area contributed by atoms with E-state index in [-0.39, 0.29) is 0 Å². The number of nitrogens with one attached hydrogen (secondary N) is 1. The normalized spacial score (nSPS) is 15.5. The predicted octanol–water partition coefficient (Wildman–Crippen LogP) is 4.08. The summed E-state index contributed by atoms with van der Waals surface area (Å²) in [4.78, 5) is 1.47. The first kappa shape index (κ1) is 12.7. The maximum Gasteiger partial charge on any atom is 0.0438 e. The van der Waals surface area contributed by atoms with Gasteiger partial charge in [-0.1, -0.05) is 40.2 Å². The van der Waals surface area contributed by atoms with Gasteiger partial charge in [0.25, 0.3) is 0 Å². The van der Waals surface area contributed by atoms with Crippen LogP contribution in [0.4, 0.5) is 0 Å². The lowest BCUT2D eigenvalue weighted by molar-refractivity contribution is 0.379. The Kier molecular flexibility index (Phi) is 5.34.